The fourth-order valence-corrected chi connectivity index (χ4v) is 4.50. The first-order chi connectivity index (χ1) is 15.8. The van der Waals surface area contributed by atoms with E-state index in [1.807, 2.05) is 12.1 Å². The van der Waals surface area contributed by atoms with Crippen LogP contribution in [-0.4, -0.2) is 79.5 Å². The Balaban J connectivity index is 1.29. The Hall–Kier alpha value is -2.08. The van der Waals surface area contributed by atoms with Gasteiger partial charge in [-0.3, -0.25) is 9.69 Å². The predicted molar refractivity (Wildman–Crippen MR) is 110 cm³/mol. The lowest BCUT2D eigenvalue weighted by atomic mass is 9.94. The van der Waals surface area contributed by atoms with Gasteiger partial charge in [-0.15, -0.1) is 0 Å². The van der Waals surface area contributed by atoms with Crippen LogP contribution < -0.4 is 14.8 Å². The Labute approximate surface area is 189 Å². The van der Waals surface area contributed by atoms with E-state index < -0.39 is 24.8 Å². The number of nitrogens with one attached hydrogen (secondary N) is 1. The minimum Gasteiger partial charge on any atom is -0.454 e. The van der Waals surface area contributed by atoms with Crippen LogP contribution in [-0.2, 0) is 20.8 Å². The fourth-order valence-electron chi connectivity index (χ4n) is 4.50. The van der Waals surface area contributed by atoms with Gasteiger partial charge in [0.05, 0.1) is 44.4 Å². The normalized spacial score (nSPS) is 28.0. The summed E-state index contributed by atoms with van der Waals surface area (Å²) < 4.78 is 60.5. The van der Waals surface area contributed by atoms with Crippen LogP contribution in [0.25, 0.3) is 0 Å². The van der Waals surface area contributed by atoms with E-state index >= 15 is 0 Å². The van der Waals surface area contributed by atoms with Gasteiger partial charge in [-0.2, -0.15) is 13.2 Å². The van der Waals surface area contributed by atoms with Crippen LogP contribution in [0.15, 0.2) is 18.2 Å². The zero-order chi connectivity index (χ0) is 23.4. The third-order valence-corrected chi connectivity index (χ3v) is 6.11. The molecule has 8 nitrogen and oxygen atoms in total. The highest BCUT2D eigenvalue weighted by molar-refractivity contribution is 5.76. The molecule has 11 heteroatoms. The molecule has 1 amide bonds. The number of carbonyl (C=O) groups is 1. The highest BCUT2D eigenvalue weighted by Crippen LogP contribution is 2.33. The number of nitrogens with zero attached hydrogens (tertiary/aromatic N) is 1. The zero-order valence-electron chi connectivity index (χ0n) is 18.2. The Morgan fingerprint density at radius 1 is 1.18 bits per heavy atom. The Morgan fingerprint density at radius 3 is 2.82 bits per heavy atom. The summed E-state index contributed by atoms with van der Waals surface area (Å²) in [5.41, 5.74) is 0.879. The van der Waals surface area contributed by atoms with Gasteiger partial charge in [0.2, 0.25) is 12.7 Å². The predicted octanol–water partition coefficient (Wildman–Crippen LogP) is 1.98. The molecule has 0 radical (unpaired) electrons. The lowest BCUT2D eigenvalue weighted by molar-refractivity contribution is -0.169. The summed E-state index contributed by atoms with van der Waals surface area (Å²) in [6, 6.07) is 5.17. The number of rotatable bonds is 6. The van der Waals surface area contributed by atoms with Gasteiger partial charge >= 0.3 is 6.18 Å². The molecule has 0 spiro atoms. The average Bonchev–Trinajstić information content (AvgIpc) is 3.22. The number of fused-ring (bicyclic) bond motifs is 2. The number of hydrogen-bond acceptors (Lipinski definition) is 7. The quantitative estimate of drug-likeness (QED) is 0.652. The first kappa shape index (κ1) is 24.1. The molecule has 3 aliphatic rings. The van der Waals surface area contributed by atoms with Gasteiger partial charge in [0.25, 0.3) is 0 Å². The SMILES string of the molecule is O=C(C[C@H]1CC[C@H]2[C@@H](COC[C@H](O)CN2CCC(F)(F)F)O1)NCc1ccc2c(c1)OCO2. The van der Waals surface area contributed by atoms with Crippen LogP contribution in [0.1, 0.15) is 31.2 Å². The van der Waals surface area contributed by atoms with E-state index in [2.05, 4.69) is 5.32 Å². The number of carbonyl (C=O) groups excluding carboxylic acids is 1. The smallest absolute Gasteiger partial charge is 0.390 e. The molecule has 3 aliphatic heterocycles. The molecule has 0 bridgehead atoms. The summed E-state index contributed by atoms with van der Waals surface area (Å²) in [5, 5.41) is 12.9. The van der Waals surface area contributed by atoms with E-state index in [-0.39, 0.29) is 57.6 Å². The standard InChI is InChI=1S/C22H29F3N2O6/c23-22(24,25)5-6-27-10-15(28)11-30-12-20-17(27)3-2-16(33-20)8-21(29)26-9-14-1-4-18-19(7-14)32-13-31-18/h1,4,7,15-17,20,28H,2-3,5-6,8-13H2,(H,26,29)/t15-,16-,17+,20-/m1/s1. The third kappa shape index (κ3) is 6.72. The lowest BCUT2D eigenvalue weighted by Crippen LogP contribution is -2.56. The van der Waals surface area contributed by atoms with Gasteiger partial charge in [0, 0.05) is 25.7 Å². The Kier molecular flexibility index (Phi) is 7.62. The number of alkyl halides is 3. The molecule has 1 aromatic rings. The van der Waals surface area contributed by atoms with Crippen molar-refractivity contribution in [3.05, 3.63) is 23.8 Å². The number of halogens is 3. The van der Waals surface area contributed by atoms with Gasteiger partial charge in [-0.1, -0.05) is 6.07 Å². The van der Waals surface area contributed by atoms with Crippen molar-refractivity contribution in [3.8, 4) is 11.5 Å². The zero-order valence-corrected chi connectivity index (χ0v) is 18.2. The van der Waals surface area contributed by atoms with E-state index in [0.717, 1.165) is 5.56 Å². The van der Waals surface area contributed by atoms with Crippen molar-refractivity contribution < 1.29 is 42.0 Å². The van der Waals surface area contributed by atoms with Crippen LogP contribution in [0.2, 0.25) is 0 Å². The van der Waals surface area contributed by atoms with Crippen molar-refractivity contribution in [2.24, 2.45) is 0 Å². The molecule has 33 heavy (non-hydrogen) atoms. The summed E-state index contributed by atoms with van der Waals surface area (Å²) in [7, 11) is 0. The summed E-state index contributed by atoms with van der Waals surface area (Å²) in [5.74, 6) is 1.15. The van der Waals surface area contributed by atoms with Crippen LogP contribution in [0.3, 0.4) is 0 Å². The van der Waals surface area contributed by atoms with Crippen LogP contribution >= 0.6 is 0 Å². The van der Waals surface area contributed by atoms with Crippen molar-refractivity contribution in [2.75, 3.05) is 33.1 Å². The largest absolute Gasteiger partial charge is 0.454 e. The number of β-amino-alcohol motifs (C(OH)–C–C–N with tert-alkyl or cyclic N) is 1. The van der Waals surface area contributed by atoms with E-state index in [4.69, 9.17) is 18.9 Å². The molecule has 0 aliphatic carbocycles. The molecule has 184 valence electrons. The molecular weight excluding hydrogens is 445 g/mol. The van der Waals surface area contributed by atoms with Crippen molar-refractivity contribution in [3.63, 3.8) is 0 Å². The molecule has 0 unspecified atom stereocenters. The minimum absolute atomic E-state index is 0.0375. The second-order valence-corrected chi connectivity index (χ2v) is 8.66. The highest BCUT2D eigenvalue weighted by Gasteiger charge is 2.39. The Bertz CT molecular complexity index is 824. The van der Waals surface area contributed by atoms with Gasteiger partial charge in [0.1, 0.15) is 0 Å². The van der Waals surface area contributed by atoms with Gasteiger partial charge in [-0.25, -0.2) is 0 Å². The van der Waals surface area contributed by atoms with Crippen molar-refractivity contribution in [2.45, 2.75) is 62.8 Å². The van der Waals surface area contributed by atoms with E-state index in [1.165, 1.54) is 0 Å². The minimum atomic E-state index is -4.27. The molecule has 4 rings (SSSR count). The first-order valence-electron chi connectivity index (χ1n) is 11.1. The number of ether oxygens (including phenoxy) is 4. The summed E-state index contributed by atoms with van der Waals surface area (Å²) >= 11 is 0. The van der Waals surface area contributed by atoms with Crippen molar-refractivity contribution in [1.82, 2.24) is 10.2 Å². The second kappa shape index (κ2) is 10.5. The molecule has 2 N–H and O–H groups in total. The molecular formula is C22H29F3N2O6. The third-order valence-electron chi connectivity index (χ3n) is 6.11. The monoisotopic (exact) mass is 474 g/mol. The summed E-state index contributed by atoms with van der Waals surface area (Å²) in [6.45, 7) is 0.617. The van der Waals surface area contributed by atoms with Crippen LogP contribution in [0.5, 0.6) is 11.5 Å². The van der Waals surface area contributed by atoms with Gasteiger partial charge < -0.3 is 29.4 Å². The topological polar surface area (TPSA) is 89.5 Å². The summed E-state index contributed by atoms with van der Waals surface area (Å²) in [4.78, 5) is 14.1. The maximum atomic E-state index is 12.8. The number of amides is 1. The molecule has 3 heterocycles. The molecule has 2 saturated heterocycles. The highest BCUT2D eigenvalue weighted by atomic mass is 19.4. The second-order valence-electron chi connectivity index (χ2n) is 8.66. The maximum absolute atomic E-state index is 12.8. The maximum Gasteiger partial charge on any atom is 0.390 e. The number of hydrogen-bond donors (Lipinski definition) is 2. The molecule has 1 aromatic carbocycles. The lowest BCUT2D eigenvalue weighted by Gasteiger charge is -2.44. The van der Waals surface area contributed by atoms with E-state index in [1.54, 1.807) is 11.0 Å². The molecule has 0 aromatic heterocycles. The molecule has 2 fully saturated rings. The molecule has 0 saturated carbocycles. The van der Waals surface area contributed by atoms with Crippen LogP contribution in [0, 0.1) is 0 Å². The number of benzene rings is 1. The average molecular weight is 474 g/mol. The van der Waals surface area contributed by atoms with Crippen molar-refractivity contribution in [1.29, 1.82) is 0 Å². The van der Waals surface area contributed by atoms with Crippen LogP contribution in [0.4, 0.5) is 13.2 Å². The fraction of sp³-hybridized carbons (Fsp3) is 0.682. The first-order valence-corrected chi connectivity index (χ1v) is 11.1. The van der Waals surface area contributed by atoms with Crippen molar-refractivity contribution >= 4 is 5.91 Å². The number of aliphatic hydroxyl groups is 1. The van der Waals surface area contributed by atoms with E-state index in [0.29, 0.717) is 30.9 Å². The van der Waals surface area contributed by atoms with Gasteiger partial charge in [0.15, 0.2) is 11.5 Å². The summed E-state index contributed by atoms with van der Waals surface area (Å²) in [6.07, 6.45) is -5.61. The number of aliphatic hydroxyl groups excluding tert-OH is 1. The Morgan fingerprint density at radius 2 is 2.00 bits per heavy atom. The van der Waals surface area contributed by atoms with E-state index in [9.17, 15) is 23.1 Å². The van der Waals surface area contributed by atoms with Gasteiger partial charge in [-0.05, 0) is 30.5 Å². The molecule has 4 atom stereocenters.